The van der Waals surface area contributed by atoms with E-state index in [0.717, 1.165) is 6.20 Å². The summed E-state index contributed by atoms with van der Waals surface area (Å²) in [7, 11) is 0. The zero-order valence-corrected chi connectivity index (χ0v) is 8.70. The lowest BCUT2D eigenvalue weighted by atomic mass is 10.2. The van der Waals surface area contributed by atoms with Crippen molar-refractivity contribution in [3.8, 4) is 5.75 Å². The van der Waals surface area contributed by atoms with E-state index in [2.05, 4.69) is 10.3 Å². The number of rotatable bonds is 3. The van der Waals surface area contributed by atoms with Gasteiger partial charge in [0.25, 0.3) is 0 Å². The van der Waals surface area contributed by atoms with Gasteiger partial charge in [-0.05, 0) is 18.2 Å². The van der Waals surface area contributed by atoms with Gasteiger partial charge in [0.15, 0.2) is 0 Å². The minimum Gasteiger partial charge on any atom is -0.506 e. The summed E-state index contributed by atoms with van der Waals surface area (Å²) < 4.78 is 0. The minimum absolute atomic E-state index is 0.0265. The van der Waals surface area contributed by atoms with Gasteiger partial charge >= 0.3 is 5.69 Å². The van der Waals surface area contributed by atoms with Crippen molar-refractivity contribution in [2.75, 3.05) is 5.32 Å². The first-order valence-corrected chi connectivity index (χ1v) is 4.82. The first kappa shape index (κ1) is 10.9. The van der Waals surface area contributed by atoms with Crippen LogP contribution in [0.4, 0.5) is 17.1 Å². The largest absolute Gasteiger partial charge is 0.506 e. The second-order valence-electron chi connectivity index (χ2n) is 3.29. The molecular formula is C11H9N3O3. The van der Waals surface area contributed by atoms with Crippen LogP contribution in [0.1, 0.15) is 0 Å². The molecule has 0 saturated carbocycles. The van der Waals surface area contributed by atoms with Crippen LogP contribution in [0.2, 0.25) is 0 Å². The summed E-state index contributed by atoms with van der Waals surface area (Å²) in [6, 6.07) is 7.98. The Morgan fingerprint density at radius 2 is 2.00 bits per heavy atom. The number of phenols is 1. The van der Waals surface area contributed by atoms with Gasteiger partial charge in [-0.15, -0.1) is 0 Å². The summed E-state index contributed by atoms with van der Waals surface area (Å²) in [6.45, 7) is 0. The van der Waals surface area contributed by atoms with Crippen molar-refractivity contribution in [1.29, 1.82) is 0 Å². The van der Waals surface area contributed by atoms with E-state index in [0.29, 0.717) is 5.69 Å². The minimum atomic E-state index is -0.532. The molecule has 0 spiro atoms. The van der Waals surface area contributed by atoms with Crippen molar-refractivity contribution >= 4 is 17.1 Å². The predicted octanol–water partition coefficient (Wildman–Crippen LogP) is 2.44. The van der Waals surface area contributed by atoms with Gasteiger partial charge in [-0.1, -0.05) is 12.1 Å². The Morgan fingerprint density at radius 3 is 2.71 bits per heavy atom. The number of nitro groups is 1. The molecule has 0 fully saturated rings. The van der Waals surface area contributed by atoms with Gasteiger partial charge in [0.1, 0.15) is 17.6 Å². The molecule has 0 aliphatic carbocycles. The Morgan fingerprint density at radius 1 is 1.24 bits per heavy atom. The lowest BCUT2D eigenvalue weighted by Gasteiger charge is -2.07. The maximum absolute atomic E-state index is 10.8. The first-order chi connectivity index (χ1) is 8.18. The summed E-state index contributed by atoms with van der Waals surface area (Å²) in [5.41, 5.74) is 0.545. The Kier molecular flexibility index (Phi) is 2.87. The lowest BCUT2D eigenvalue weighted by molar-refractivity contribution is -0.384. The van der Waals surface area contributed by atoms with Crippen LogP contribution in [-0.4, -0.2) is 15.0 Å². The van der Waals surface area contributed by atoms with Crippen LogP contribution in [0.3, 0.4) is 0 Å². The average Bonchev–Trinajstić information content (AvgIpc) is 2.32. The summed E-state index contributed by atoms with van der Waals surface area (Å²) in [4.78, 5) is 13.9. The SMILES string of the molecule is O=[N+]([O-])c1cnccc1Nc1ccccc1O. The number of aromatic hydroxyl groups is 1. The monoisotopic (exact) mass is 231 g/mol. The third kappa shape index (κ3) is 2.31. The molecule has 6 heteroatoms. The maximum Gasteiger partial charge on any atom is 0.310 e. The number of nitrogens with zero attached hydrogens (tertiary/aromatic N) is 2. The van der Waals surface area contributed by atoms with Gasteiger partial charge in [0.2, 0.25) is 0 Å². The standard InChI is InChI=1S/C11H9N3O3/c15-11-4-2-1-3-9(11)13-8-5-6-12-7-10(8)14(16)17/h1-7,15H,(H,12,13). The highest BCUT2D eigenvalue weighted by atomic mass is 16.6. The fraction of sp³-hybridized carbons (Fsp3) is 0. The molecule has 0 radical (unpaired) electrons. The second-order valence-corrected chi connectivity index (χ2v) is 3.29. The van der Waals surface area contributed by atoms with E-state index < -0.39 is 4.92 Å². The highest BCUT2D eigenvalue weighted by Gasteiger charge is 2.14. The van der Waals surface area contributed by atoms with Crippen LogP contribution in [0.15, 0.2) is 42.7 Å². The second kappa shape index (κ2) is 4.48. The van der Waals surface area contributed by atoms with Crippen LogP contribution in [0, 0.1) is 10.1 Å². The van der Waals surface area contributed by atoms with E-state index in [9.17, 15) is 15.2 Å². The molecule has 86 valence electrons. The lowest BCUT2D eigenvalue weighted by Crippen LogP contribution is -1.97. The summed E-state index contributed by atoms with van der Waals surface area (Å²) >= 11 is 0. The summed E-state index contributed by atoms with van der Waals surface area (Å²) in [5, 5.41) is 23.1. The Bertz CT molecular complexity index is 557. The third-order valence-corrected chi connectivity index (χ3v) is 2.17. The van der Waals surface area contributed by atoms with E-state index in [1.807, 2.05) is 0 Å². The molecule has 0 saturated heterocycles. The third-order valence-electron chi connectivity index (χ3n) is 2.17. The fourth-order valence-corrected chi connectivity index (χ4v) is 1.36. The number of para-hydroxylation sites is 2. The molecule has 6 nitrogen and oxygen atoms in total. The first-order valence-electron chi connectivity index (χ1n) is 4.82. The van der Waals surface area contributed by atoms with Crippen LogP contribution in [0.5, 0.6) is 5.75 Å². The number of aromatic nitrogens is 1. The van der Waals surface area contributed by atoms with Crippen LogP contribution in [-0.2, 0) is 0 Å². The molecule has 2 rings (SSSR count). The van der Waals surface area contributed by atoms with Crippen molar-refractivity contribution in [2.24, 2.45) is 0 Å². The molecule has 2 N–H and O–H groups in total. The quantitative estimate of drug-likeness (QED) is 0.481. The zero-order valence-electron chi connectivity index (χ0n) is 8.70. The molecule has 0 aliphatic heterocycles. The number of nitrogens with one attached hydrogen (secondary N) is 1. The van der Waals surface area contributed by atoms with E-state index in [1.165, 1.54) is 18.3 Å². The number of benzene rings is 1. The molecule has 2 aromatic rings. The number of phenolic OH excluding ortho intramolecular Hbond substituents is 1. The van der Waals surface area contributed by atoms with Gasteiger partial charge in [-0.3, -0.25) is 15.1 Å². The van der Waals surface area contributed by atoms with Crippen molar-refractivity contribution < 1.29 is 10.0 Å². The predicted molar refractivity (Wildman–Crippen MR) is 62.3 cm³/mol. The fourth-order valence-electron chi connectivity index (χ4n) is 1.36. The maximum atomic E-state index is 10.8. The van der Waals surface area contributed by atoms with Crippen molar-refractivity contribution in [3.05, 3.63) is 52.8 Å². The Hall–Kier alpha value is -2.63. The normalized spacial score (nSPS) is 9.88. The molecule has 0 bridgehead atoms. The van der Waals surface area contributed by atoms with Gasteiger partial charge < -0.3 is 10.4 Å². The molecule has 1 heterocycles. The summed E-state index contributed by atoms with van der Waals surface area (Å²) in [6.07, 6.45) is 2.59. The number of pyridine rings is 1. The van der Waals surface area contributed by atoms with Crippen LogP contribution < -0.4 is 5.32 Å². The van der Waals surface area contributed by atoms with Gasteiger partial charge in [0.05, 0.1) is 10.6 Å². The molecular weight excluding hydrogens is 222 g/mol. The Labute approximate surface area is 96.7 Å². The van der Waals surface area contributed by atoms with Crippen molar-refractivity contribution in [3.63, 3.8) is 0 Å². The van der Waals surface area contributed by atoms with E-state index >= 15 is 0 Å². The highest BCUT2D eigenvalue weighted by molar-refractivity contribution is 5.71. The van der Waals surface area contributed by atoms with Gasteiger partial charge in [-0.25, -0.2) is 0 Å². The number of hydrogen-bond donors (Lipinski definition) is 2. The van der Waals surface area contributed by atoms with Crippen LogP contribution in [0.25, 0.3) is 0 Å². The smallest absolute Gasteiger partial charge is 0.310 e. The van der Waals surface area contributed by atoms with Gasteiger partial charge in [0, 0.05) is 6.20 Å². The molecule has 0 unspecified atom stereocenters. The van der Waals surface area contributed by atoms with E-state index in [4.69, 9.17) is 0 Å². The molecule has 1 aromatic heterocycles. The molecule has 1 aromatic carbocycles. The molecule has 0 amide bonds. The van der Waals surface area contributed by atoms with E-state index in [-0.39, 0.29) is 17.1 Å². The van der Waals surface area contributed by atoms with Crippen molar-refractivity contribution in [1.82, 2.24) is 4.98 Å². The van der Waals surface area contributed by atoms with Crippen LogP contribution >= 0.6 is 0 Å². The molecule has 17 heavy (non-hydrogen) atoms. The number of anilines is 2. The molecule has 0 atom stereocenters. The average molecular weight is 231 g/mol. The topological polar surface area (TPSA) is 88.3 Å². The zero-order chi connectivity index (χ0) is 12.3. The van der Waals surface area contributed by atoms with E-state index in [1.54, 1.807) is 18.2 Å². The highest BCUT2D eigenvalue weighted by Crippen LogP contribution is 2.30. The van der Waals surface area contributed by atoms with Crippen molar-refractivity contribution in [2.45, 2.75) is 0 Å². The Balaban J connectivity index is 2.37. The number of hydrogen-bond acceptors (Lipinski definition) is 5. The molecule has 0 aliphatic rings. The van der Waals surface area contributed by atoms with Gasteiger partial charge in [-0.2, -0.15) is 0 Å². The summed E-state index contributed by atoms with van der Waals surface area (Å²) in [5.74, 6) is 0.0265.